The minimum Gasteiger partial charge on any atom is -0.468 e. The third-order valence-corrected chi connectivity index (χ3v) is 6.11. The second-order valence-corrected chi connectivity index (χ2v) is 11.0. The van der Waals surface area contributed by atoms with Crippen molar-refractivity contribution in [3.63, 3.8) is 0 Å². The van der Waals surface area contributed by atoms with Crippen molar-refractivity contribution in [3.05, 3.63) is 33.4 Å². The lowest BCUT2D eigenvalue weighted by atomic mass is 10.1. The van der Waals surface area contributed by atoms with E-state index in [1.807, 2.05) is 0 Å². The molecule has 0 saturated heterocycles. The number of unbranched alkanes of at least 4 members (excludes halogenated alkanes) is 1. The van der Waals surface area contributed by atoms with Crippen LogP contribution in [0.3, 0.4) is 0 Å². The van der Waals surface area contributed by atoms with Crippen LogP contribution in [0.2, 0.25) is 0 Å². The zero-order valence-electron chi connectivity index (χ0n) is 21.8. The number of rotatable bonds is 16. The second-order valence-electron chi connectivity index (χ2n) is 9.80. The van der Waals surface area contributed by atoms with Crippen molar-refractivity contribution in [1.29, 1.82) is 0 Å². The van der Waals surface area contributed by atoms with E-state index in [0.29, 0.717) is 32.2 Å². The van der Waals surface area contributed by atoms with E-state index in [1.165, 1.54) is 16.2 Å². The van der Waals surface area contributed by atoms with Gasteiger partial charge in [0.2, 0.25) is 5.91 Å². The zero-order chi connectivity index (χ0) is 27.1. The van der Waals surface area contributed by atoms with Crippen molar-refractivity contribution in [2.24, 2.45) is 5.73 Å². The number of aryl methyl sites for hydroxylation is 1. The maximum absolute atomic E-state index is 12.1. The highest BCUT2D eigenvalue weighted by Gasteiger charge is 2.26. The summed E-state index contributed by atoms with van der Waals surface area (Å²) in [5.74, 6) is -0.894. The zero-order valence-corrected chi connectivity index (χ0v) is 24.0. The summed E-state index contributed by atoms with van der Waals surface area (Å²) in [6, 6.07) is 6.77. The molecule has 1 unspecified atom stereocenters. The Morgan fingerprint density at radius 2 is 1.72 bits per heavy atom. The number of esters is 2. The van der Waals surface area contributed by atoms with Gasteiger partial charge < -0.3 is 25.6 Å². The number of nitrogens with two attached hydrogens (primary N) is 1. The summed E-state index contributed by atoms with van der Waals surface area (Å²) in [6.07, 6.45) is 2.90. The molecule has 9 nitrogen and oxygen atoms in total. The normalized spacial score (nSPS) is 14.0. The Balaban J connectivity index is 2.30. The van der Waals surface area contributed by atoms with Gasteiger partial charge in [-0.05, 0) is 99.6 Å². The number of carbonyl (C=O) groups excluding carboxylic acids is 3. The van der Waals surface area contributed by atoms with Crippen LogP contribution in [-0.2, 0) is 30.3 Å². The Kier molecular flexibility index (Phi) is 15.1. The second kappa shape index (κ2) is 16.9. The Morgan fingerprint density at radius 1 is 1.06 bits per heavy atom. The van der Waals surface area contributed by atoms with E-state index < -0.39 is 35.9 Å². The molecule has 1 aromatic rings. The molecule has 0 spiro atoms. The van der Waals surface area contributed by atoms with Crippen LogP contribution in [0, 0.1) is 3.57 Å². The fourth-order valence-corrected chi connectivity index (χ4v) is 3.83. The van der Waals surface area contributed by atoms with E-state index in [0.717, 1.165) is 12.8 Å². The van der Waals surface area contributed by atoms with E-state index in [-0.39, 0.29) is 18.7 Å². The summed E-state index contributed by atoms with van der Waals surface area (Å²) in [4.78, 5) is 36.1. The van der Waals surface area contributed by atoms with Crippen molar-refractivity contribution in [1.82, 2.24) is 10.6 Å². The Bertz CT molecular complexity index is 813. The molecule has 5 N–H and O–H groups in total. The number of halogens is 1. The van der Waals surface area contributed by atoms with Gasteiger partial charge in [-0.25, -0.2) is 0 Å². The third-order valence-electron chi connectivity index (χ3n) is 5.39. The molecule has 3 atom stereocenters. The summed E-state index contributed by atoms with van der Waals surface area (Å²) in [7, 11) is 1.28. The number of aliphatic hydroxyl groups is 1. The summed E-state index contributed by atoms with van der Waals surface area (Å²) in [5.41, 5.74) is 6.62. The van der Waals surface area contributed by atoms with Crippen molar-refractivity contribution in [2.75, 3.05) is 13.7 Å². The Labute approximate surface area is 228 Å². The van der Waals surface area contributed by atoms with Crippen molar-refractivity contribution < 1.29 is 29.0 Å². The number of amides is 1. The van der Waals surface area contributed by atoms with E-state index in [2.05, 4.69) is 57.5 Å². The van der Waals surface area contributed by atoms with Gasteiger partial charge in [0.25, 0.3) is 0 Å². The van der Waals surface area contributed by atoms with Crippen LogP contribution in [0.1, 0.15) is 71.3 Å². The van der Waals surface area contributed by atoms with Gasteiger partial charge >= 0.3 is 11.9 Å². The summed E-state index contributed by atoms with van der Waals surface area (Å²) >= 11 is 2.27. The van der Waals surface area contributed by atoms with Crippen LogP contribution in [0.4, 0.5) is 0 Å². The molecule has 0 saturated carbocycles. The molecular weight excluding hydrogens is 577 g/mol. The fraction of sp³-hybridized carbons (Fsp3) is 0.654. The number of benzene rings is 1. The minimum absolute atomic E-state index is 0.00883. The lowest BCUT2D eigenvalue weighted by Gasteiger charge is -2.25. The van der Waals surface area contributed by atoms with Gasteiger partial charge in [-0.2, -0.15) is 0 Å². The lowest BCUT2D eigenvalue weighted by molar-refractivity contribution is -0.155. The quantitative estimate of drug-likeness (QED) is 0.0959. The first-order valence-corrected chi connectivity index (χ1v) is 13.5. The topological polar surface area (TPSA) is 140 Å². The highest BCUT2D eigenvalue weighted by atomic mass is 127. The van der Waals surface area contributed by atoms with Crippen LogP contribution >= 0.6 is 22.6 Å². The third kappa shape index (κ3) is 14.7. The molecule has 36 heavy (non-hydrogen) atoms. The number of methoxy groups -OCH3 is 1. The molecular formula is C26H42IN3O6. The smallest absolute Gasteiger partial charge is 0.322 e. The average molecular weight is 620 g/mol. The van der Waals surface area contributed by atoms with E-state index in [9.17, 15) is 19.5 Å². The van der Waals surface area contributed by atoms with E-state index in [4.69, 9.17) is 15.2 Å². The molecule has 0 radical (unpaired) electrons. The first-order valence-electron chi connectivity index (χ1n) is 12.4. The van der Waals surface area contributed by atoms with E-state index >= 15 is 0 Å². The highest BCUT2D eigenvalue weighted by Crippen LogP contribution is 2.12. The first kappa shape index (κ1) is 32.3. The largest absolute Gasteiger partial charge is 0.468 e. The molecule has 10 heteroatoms. The molecule has 1 amide bonds. The summed E-state index contributed by atoms with van der Waals surface area (Å²) in [6.45, 7) is 5.84. The molecule has 0 aliphatic carbocycles. The Morgan fingerprint density at radius 3 is 2.33 bits per heavy atom. The minimum atomic E-state index is -1.19. The molecule has 0 aromatic heterocycles. The maximum atomic E-state index is 12.1. The van der Waals surface area contributed by atoms with Gasteiger partial charge in [0.05, 0.1) is 7.11 Å². The number of aliphatic hydroxyl groups excluding tert-OH is 1. The standard InChI is InChI=1S/C26H42IN3O6/c1-26(2,3)36-23(32)16-15-20(28)24(33)30-21(25(34)35-4)9-5-6-17-29-22(31)10-7-8-18-11-13-19(27)14-12-18/h11-14,20-21,24,30,33H,5-10,15-17,28H2,1-4H3,(H,29,31)/t20-,21-,24?/m0/s1. The van der Waals surface area contributed by atoms with Crippen LogP contribution in [0.25, 0.3) is 0 Å². The fourth-order valence-electron chi connectivity index (χ4n) is 3.47. The predicted octanol–water partition coefficient (Wildman–Crippen LogP) is 2.80. The molecule has 0 bridgehead atoms. The molecule has 1 rings (SSSR count). The van der Waals surface area contributed by atoms with Gasteiger partial charge in [0.15, 0.2) is 0 Å². The van der Waals surface area contributed by atoms with Crippen molar-refractivity contribution >= 4 is 40.4 Å². The summed E-state index contributed by atoms with van der Waals surface area (Å²) in [5, 5.41) is 16.1. The van der Waals surface area contributed by atoms with Gasteiger partial charge in [0, 0.05) is 29.0 Å². The maximum Gasteiger partial charge on any atom is 0.322 e. The number of hydrogen-bond acceptors (Lipinski definition) is 8. The highest BCUT2D eigenvalue weighted by molar-refractivity contribution is 14.1. The van der Waals surface area contributed by atoms with Crippen LogP contribution in [-0.4, -0.2) is 60.5 Å². The molecule has 0 heterocycles. The average Bonchev–Trinajstić information content (AvgIpc) is 2.81. The number of hydrogen-bond donors (Lipinski definition) is 4. The van der Waals surface area contributed by atoms with Crippen LogP contribution in [0.5, 0.6) is 0 Å². The molecule has 0 fully saturated rings. The van der Waals surface area contributed by atoms with Gasteiger partial charge in [-0.15, -0.1) is 0 Å². The van der Waals surface area contributed by atoms with Crippen molar-refractivity contribution in [2.45, 2.75) is 96.1 Å². The lowest BCUT2D eigenvalue weighted by Crippen LogP contribution is -2.52. The monoisotopic (exact) mass is 619 g/mol. The molecule has 0 aliphatic heterocycles. The van der Waals surface area contributed by atoms with Crippen molar-refractivity contribution in [3.8, 4) is 0 Å². The van der Waals surface area contributed by atoms with Crippen LogP contribution in [0.15, 0.2) is 24.3 Å². The first-order chi connectivity index (χ1) is 16.9. The molecule has 0 aliphatic rings. The number of nitrogens with one attached hydrogen (secondary N) is 2. The number of ether oxygens (including phenoxy) is 2. The van der Waals surface area contributed by atoms with Gasteiger partial charge in [0.1, 0.15) is 17.9 Å². The summed E-state index contributed by atoms with van der Waals surface area (Å²) < 4.78 is 11.3. The SMILES string of the molecule is COC(=O)[C@H](CCCCNC(=O)CCCc1ccc(I)cc1)NC(O)[C@@H](N)CCC(=O)OC(C)(C)C. The Hall–Kier alpha value is -1.76. The predicted molar refractivity (Wildman–Crippen MR) is 147 cm³/mol. The van der Waals surface area contributed by atoms with Gasteiger partial charge in [-0.3, -0.25) is 19.7 Å². The number of carbonyl (C=O) groups is 3. The van der Waals surface area contributed by atoms with Crippen LogP contribution < -0.4 is 16.4 Å². The molecule has 1 aromatic carbocycles. The van der Waals surface area contributed by atoms with E-state index in [1.54, 1.807) is 20.8 Å². The molecule has 204 valence electrons. The van der Waals surface area contributed by atoms with Gasteiger partial charge in [-0.1, -0.05) is 12.1 Å².